The Morgan fingerprint density at radius 3 is 2.32 bits per heavy atom. The van der Waals surface area contributed by atoms with Crippen LogP contribution < -0.4 is 16.1 Å². The average molecular weight is 320 g/mol. The summed E-state index contributed by atoms with van der Waals surface area (Å²) >= 11 is 1.39. The fourth-order valence-corrected chi connectivity index (χ4v) is 3.32. The van der Waals surface area contributed by atoms with Crippen molar-refractivity contribution in [1.29, 1.82) is 0 Å². The molecule has 1 unspecified atom stereocenters. The van der Waals surface area contributed by atoms with Crippen molar-refractivity contribution in [2.45, 2.75) is 11.4 Å². The molecule has 0 bridgehead atoms. The molecule has 2 aliphatic heterocycles. The molecule has 2 aliphatic rings. The smallest absolute Gasteiger partial charge is 0.276 e. The number of barbiturate groups is 1. The van der Waals surface area contributed by atoms with E-state index in [1.807, 2.05) is 41.0 Å². The minimum Gasteiger partial charge on any atom is -0.276 e. The number of benzene rings is 1. The minimum atomic E-state index is -1.33. The number of thioether (sulfide) groups is 1. The molecule has 1 aromatic rings. The van der Waals surface area contributed by atoms with Gasteiger partial charge in [-0.25, -0.2) is 10.2 Å². The first-order chi connectivity index (χ1) is 10.6. The lowest BCUT2D eigenvalue weighted by Gasteiger charge is -2.30. The number of hydrazine groups is 1. The molecule has 1 atom stereocenters. The molecule has 114 valence electrons. The van der Waals surface area contributed by atoms with Gasteiger partial charge in [0, 0.05) is 0 Å². The number of amides is 5. The van der Waals surface area contributed by atoms with Crippen LogP contribution in [0.1, 0.15) is 10.9 Å². The highest BCUT2D eigenvalue weighted by Crippen LogP contribution is 2.37. The third kappa shape index (κ3) is 2.68. The average Bonchev–Trinajstić information content (AvgIpc) is 2.85. The summed E-state index contributed by atoms with van der Waals surface area (Å²) in [6, 6.07) is 7.06. The van der Waals surface area contributed by atoms with Crippen molar-refractivity contribution in [2.24, 2.45) is 0 Å². The minimum absolute atomic E-state index is 0.238. The summed E-state index contributed by atoms with van der Waals surface area (Å²) in [5.74, 6) is -1.58. The number of hydrogen-bond donors (Lipinski definition) is 3. The second-order valence-electron chi connectivity index (χ2n) is 4.71. The Labute approximate surface area is 129 Å². The molecule has 0 spiro atoms. The van der Waals surface area contributed by atoms with E-state index < -0.39 is 23.9 Å². The van der Waals surface area contributed by atoms with Gasteiger partial charge in [0.2, 0.25) is 5.91 Å². The van der Waals surface area contributed by atoms with Gasteiger partial charge in [0.25, 0.3) is 11.8 Å². The maximum Gasteiger partial charge on any atom is 0.328 e. The predicted octanol–water partition coefficient (Wildman–Crippen LogP) is -0.500. The van der Waals surface area contributed by atoms with E-state index in [1.54, 1.807) is 0 Å². The summed E-state index contributed by atoms with van der Waals surface area (Å²) in [6.45, 7) is 0. The van der Waals surface area contributed by atoms with Crippen LogP contribution in [-0.4, -0.2) is 40.6 Å². The molecule has 1 aromatic carbocycles. The number of nitrogens with one attached hydrogen (secondary N) is 3. The molecule has 9 heteroatoms. The van der Waals surface area contributed by atoms with Crippen molar-refractivity contribution >= 4 is 35.5 Å². The van der Waals surface area contributed by atoms with E-state index in [0.29, 0.717) is 0 Å². The van der Waals surface area contributed by atoms with Gasteiger partial charge in [-0.2, -0.15) is 0 Å². The van der Waals surface area contributed by atoms with Crippen molar-refractivity contribution in [3.05, 3.63) is 35.9 Å². The van der Waals surface area contributed by atoms with Gasteiger partial charge in [-0.15, -0.1) is 11.8 Å². The molecule has 3 N–H and O–H groups in total. The van der Waals surface area contributed by atoms with Crippen LogP contribution in [0.5, 0.6) is 0 Å². The van der Waals surface area contributed by atoms with Crippen LogP contribution in [0.3, 0.4) is 0 Å². The molecule has 5 amide bonds. The molecule has 3 rings (SSSR count). The molecular formula is C13H12N4O4S. The van der Waals surface area contributed by atoms with Crippen molar-refractivity contribution in [2.75, 3.05) is 5.75 Å². The maximum atomic E-state index is 12.0. The van der Waals surface area contributed by atoms with E-state index in [0.717, 1.165) is 5.56 Å². The third-order valence-corrected chi connectivity index (χ3v) is 4.43. The molecule has 2 fully saturated rings. The van der Waals surface area contributed by atoms with Gasteiger partial charge in [-0.3, -0.25) is 30.0 Å². The van der Waals surface area contributed by atoms with Gasteiger partial charge in [-0.1, -0.05) is 30.3 Å². The summed E-state index contributed by atoms with van der Waals surface area (Å²) in [7, 11) is 0. The summed E-state index contributed by atoms with van der Waals surface area (Å²) in [6.07, 6.45) is 0. The van der Waals surface area contributed by atoms with Crippen molar-refractivity contribution < 1.29 is 19.2 Å². The van der Waals surface area contributed by atoms with Crippen LogP contribution in [0, 0.1) is 0 Å². The van der Waals surface area contributed by atoms with E-state index in [-0.39, 0.29) is 17.0 Å². The number of urea groups is 1. The van der Waals surface area contributed by atoms with Crippen LogP contribution in [0.15, 0.2) is 30.3 Å². The molecule has 0 radical (unpaired) electrons. The number of carbonyl (C=O) groups excluding carboxylic acids is 4. The molecule has 22 heavy (non-hydrogen) atoms. The number of imide groups is 2. The molecule has 0 saturated carbocycles. The van der Waals surface area contributed by atoms with Crippen LogP contribution in [0.25, 0.3) is 0 Å². The molecule has 8 nitrogen and oxygen atoms in total. The monoisotopic (exact) mass is 320 g/mol. The Morgan fingerprint density at radius 1 is 1.05 bits per heavy atom. The second-order valence-corrected chi connectivity index (χ2v) is 5.78. The van der Waals surface area contributed by atoms with E-state index >= 15 is 0 Å². The van der Waals surface area contributed by atoms with Gasteiger partial charge in [-0.05, 0) is 5.56 Å². The Balaban J connectivity index is 1.80. The maximum absolute atomic E-state index is 12.0. The highest BCUT2D eigenvalue weighted by atomic mass is 32.2. The summed E-state index contributed by atoms with van der Waals surface area (Å²) in [4.78, 5) is 46.6. The topological polar surface area (TPSA) is 108 Å². The van der Waals surface area contributed by atoms with Gasteiger partial charge < -0.3 is 0 Å². The first-order valence-corrected chi connectivity index (χ1v) is 7.51. The van der Waals surface area contributed by atoms with Gasteiger partial charge in [0.1, 0.15) is 5.37 Å². The zero-order valence-corrected chi connectivity index (χ0v) is 12.1. The lowest BCUT2D eigenvalue weighted by Crippen LogP contribution is -2.66. The quantitative estimate of drug-likeness (QED) is 0.648. The largest absolute Gasteiger partial charge is 0.328 e. The van der Waals surface area contributed by atoms with Gasteiger partial charge in [0.05, 0.1) is 5.75 Å². The van der Waals surface area contributed by atoms with Crippen LogP contribution >= 0.6 is 11.8 Å². The lowest BCUT2D eigenvalue weighted by molar-refractivity contribution is -0.139. The van der Waals surface area contributed by atoms with E-state index in [2.05, 4.69) is 5.43 Å². The molecular weight excluding hydrogens is 308 g/mol. The van der Waals surface area contributed by atoms with E-state index in [4.69, 9.17) is 0 Å². The Hall–Kier alpha value is -2.39. The van der Waals surface area contributed by atoms with Crippen LogP contribution in [0.4, 0.5) is 4.79 Å². The molecule has 2 saturated heterocycles. The highest BCUT2D eigenvalue weighted by Gasteiger charge is 2.40. The van der Waals surface area contributed by atoms with Gasteiger partial charge >= 0.3 is 6.03 Å². The van der Waals surface area contributed by atoms with Gasteiger partial charge in [0.15, 0.2) is 6.04 Å². The summed E-state index contributed by atoms with van der Waals surface area (Å²) in [5.41, 5.74) is 3.50. The van der Waals surface area contributed by atoms with Crippen molar-refractivity contribution in [3.8, 4) is 0 Å². The molecule has 2 heterocycles. The number of nitrogens with zero attached hydrogens (tertiary/aromatic N) is 1. The zero-order chi connectivity index (χ0) is 15.7. The van der Waals surface area contributed by atoms with Crippen molar-refractivity contribution in [1.82, 2.24) is 21.1 Å². The van der Waals surface area contributed by atoms with E-state index in [1.165, 1.54) is 16.8 Å². The second kappa shape index (κ2) is 5.78. The number of hydrogen-bond acceptors (Lipinski definition) is 6. The Kier molecular flexibility index (Phi) is 3.82. The SMILES string of the molecule is O=C1NC(=O)C(NN2C(=O)CSC2c2ccccc2)C(=O)N1. The lowest BCUT2D eigenvalue weighted by atomic mass is 10.2. The van der Waals surface area contributed by atoms with Crippen LogP contribution in [-0.2, 0) is 14.4 Å². The molecule has 0 aromatic heterocycles. The predicted molar refractivity (Wildman–Crippen MR) is 77.1 cm³/mol. The standard InChI is InChI=1S/C13H12N4O4S/c18-8-6-22-12(7-4-2-1-3-5-7)17(8)16-9-10(19)14-13(21)15-11(9)20/h1-5,9,12,16H,6H2,(H2,14,15,19,20,21). The summed E-state index contributed by atoms with van der Waals surface area (Å²) < 4.78 is 0. The first-order valence-electron chi connectivity index (χ1n) is 6.47. The zero-order valence-electron chi connectivity index (χ0n) is 11.2. The third-order valence-electron chi connectivity index (χ3n) is 3.22. The van der Waals surface area contributed by atoms with Crippen LogP contribution in [0.2, 0.25) is 0 Å². The molecule has 0 aliphatic carbocycles. The fraction of sp³-hybridized carbons (Fsp3) is 0.231. The normalized spacial score (nSPS) is 22.7. The van der Waals surface area contributed by atoms with E-state index in [9.17, 15) is 19.2 Å². The summed E-state index contributed by atoms with van der Waals surface area (Å²) in [5, 5.41) is 4.89. The number of rotatable bonds is 3. The fourth-order valence-electron chi connectivity index (χ4n) is 2.20. The first kappa shape index (κ1) is 14.5. The number of carbonyl (C=O) groups is 4. The van der Waals surface area contributed by atoms with Crippen molar-refractivity contribution in [3.63, 3.8) is 0 Å². The highest BCUT2D eigenvalue weighted by molar-refractivity contribution is 8.00. The Bertz CT molecular complexity index is 631. The Morgan fingerprint density at radius 2 is 1.68 bits per heavy atom.